The van der Waals surface area contributed by atoms with E-state index in [0.29, 0.717) is 6.04 Å². The quantitative estimate of drug-likeness (QED) is 0.564. The van der Waals surface area contributed by atoms with Crippen molar-refractivity contribution in [3.8, 4) is 11.8 Å². The van der Waals surface area contributed by atoms with Crippen LogP contribution in [0.5, 0.6) is 0 Å². The molecule has 0 unspecified atom stereocenters. The number of hydrogen-bond acceptors (Lipinski definition) is 1. The number of hydrogen-bond donors (Lipinski definition) is 0. The summed E-state index contributed by atoms with van der Waals surface area (Å²) in [4.78, 5) is 2.34. The third kappa shape index (κ3) is 4.14. The summed E-state index contributed by atoms with van der Waals surface area (Å²) in [6.45, 7) is 9.29. The zero-order chi connectivity index (χ0) is 18.7. The lowest BCUT2D eigenvalue weighted by atomic mass is 9.99. The molecule has 1 heterocycles. The zero-order valence-electron chi connectivity index (χ0n) is 15.6. The fraction of sp³-hybridized carbons (Fsp3) is 0.619. The highest BCUT2D eigenvalue weighted by atomic mass is 19.4. The first-order chi connectivity index (χ1) is 11.8. The summed E-state index contributed by atoms with van der Waals surface area (Å²) in [6.07, 6.45) is -0.892. The van der Waals surface area contributed by atoms with Crippen molar-refractivity contribution in [3.05, 3.63) is 29.3 Å². The summed E-state index contributed by atoms with van der Waals surface area (Å²) in [6, 6.07) is 6.22. The normalized spacial score (nSPS) is 18.3. The van der Waals surface area contributed by atoms with Gasteiger partial charge in [-0.3, -0.25) is 0 Å². The van der Waals surface area contributed by atoms with Gasteiger partial charge in [-0.05, 0) is 63.6 Å². The maximum absolute atomic E-state index is 13.1. The predicted molar refractivity (Wildman–Crippen MR) is 97.8 cm³/mol. The molecule has 2 aliphatic rings. The van der Waals surface area contributed by atoms with Gasteiger partial charge in [0, 0.05) is 23.8 Å². The smallest absolute Gasteiger partial charge is 0.369 e. The van der Waals surface area contributed by atoms with Crippen LogP contribution in [0.3, 0.4) is 0 Å². The molecule has 1 aromatic carbocycles. The highest BCUT2D eigenvalue weighted by molar-refractivity contribution is 5.62. The Labute approximate surface area is 149 Å². The highest BCUT2D eigenvalue weighted by Gasteiger charge is 2.62. The first kappa shape index (κ1) is 19.7. The number of rotatable bonds is 1. The van der Waals surface area contributed by atoms with Crippen molar-refractivity contribution in [2.75, 3.05) is 11.4 Å². The number of anilines is 1. The summed E-state index contributed by atoms with van der Waals surface area (Å²) in [5.41, 5.74) is 1.27. The average molecular weight is 351 g/mol. The molecular formula is C21H28F3N. The number of benzene rings is 1. The van der Waals surface area contributed by atoms with Crippen LogP contribution in [0.15, 0.2) is 18.2 Å². The summed E-state index contributed by atoms with van der Waals surface area (Å²) >= 11 is 0. The van der Waals surface area contributed by atoms with E-state index in [-0.39, 0.29) is 12.8 Å². The van der Waals surface area contributed by atoms with Gasteiger partial charge in [-0.2, -0.15) is 13.2 Å². The van der Waals surface area contributed by atoms with Crippen LogP contribution in [0.25, 0.3) is 0 Å². The van der Waals surface area contributed by atoms with Crippen LogP contribution < -0.4 is 4.90 Å². The standard InChI is InChI=1S/C19H22F3N.C2H6/c1-14(2)23-13-4-3-7-16-15(6-5-8-17(16)23)9-10-18(11-12-18)19(20,21)22;1-2/h5-6,8,14H,3-4,7,11-13H2,1-2H3;1-2H3. The van der Waals surface area contributed by atoms with E-state index in [1.165, 1.54) is 0 Å². The fourth-order valence-electron chi connectivity index (χ4n) is 3.26. The SMILES string of the molecule is CC.CC(C)N1CCCCc2c(C#CC3(C(F)(F)F)CC3)cccc21. The molecule has 0 spiro atoms. The lowest BCUT2D eigenvalue weighted by Gasteiger charge is -2.29. The van der Waals surface area contributed by atoms with Crippen molar-refractivity contribution in [1.82, 2.24) is 0 Å². The van der Waals surface area contributed by atoms with Gasteiger partial charge in [0.1, 0.15) is 5.41 Å². The second-order valence-electron chi connectivity index (χ2n) is 6.88. The number of nitrogens with zero attached hydrogens (tertiary/aromatic N) is 1. The Hall–Kier alpha value is -1.63. The molecule has 0 atom stereocenters. The second-order valence-corrected chi connectivity index (χ2v) is 6.88. The molecule has 1 aromatic rings. The van der Waals surface area contributed by atoms with E-state index in [1.54, 1.807) is 0 Å². The van der Waals surface area contributed by atoms with Gasteiger partial charge in [-0.25, -0.2) is 0 Å². The Kier molecular flexibility index (Phi) is 6.08. The van der Waals surface area contributed by atoms with E-state index in [9.17, 15) is 13.2 Å². The molecule has 0 radical (unpaired) electrons. The van der Waals surface area contributed by atoms with Crippen LogP contribution in [0.4, 0.5) is 18.9 Å². The minimum Gasteiger partial charge on any atom is -0.369 e. The van der Waals surface area contributed by atoms with Gasteiger partial charge < -0.3 is 4.90 Å². The van der Waals surface area contributed by atoms with E-state index in [4.69, 9.17) is 0 Å². The molecule has 0 bridgehead atoms. The lowest BCUT2D eigenvalue weighted by molar-refractivity contribution is -0.168. The molecule has 1 fully saturated rings. The van der Waals surface area contributed by atoms with Gasteiger partial charge in [0.05, 0.1) is 0 Å². The summed E-state index contributed by atoms with van der Waals surface area (Å²) in [7, 11) is 0. The molecule has 0 saturated heterocycles. The molecule has 25 heavy (non-hydrogen) atoms. The minimum atomic E-state index is -4.21. The van der Waals surface area contributed by atoms with Crippen molar-refractivity contribution in [2.45, 2.75) is 72.0 Å². The topological polar surface area (TPSA) is 3.24 Å². The highest BCUT2D eigenvalue weighted by Crippen LogP contribution is 2.57. The Morgan fingerprint density at radius 1 is 1.12 bits per heavy atom. The van der Waals surface area contributed by atoms with Gasteiger partial charge in [0.25, 0.3) is 0 Å². The molecule has 1 aliphatic carbocycles. The molecule has 0 aromatic heterocycles. The van der Waals surface area contributed by atoms with E-state index in [1.807, 2.05) is 26.0 Å². The van der Waals surface area contributed by atoms with Gasteiger partial charge >= 0.3 is 6.18 Å². The first-order valence-electron chi connectivity index (χ1n) is 9.32. The molecule has 0 N–H and O–H groups in total. The summed E-state index contributed by atoms with van der Waals surface area (Å²) < 4.78 is 39.2. The maximum Gasteiger partial charge on any atom is 0.405 e. The molecule has 138 valence electrons. The number of alkyl halides is 3. The third-order valence-electron chi connectivity index (χ3n) is 4.89. The van der Waals surface area contributed by atoms with Crippen LogP contribution in [0, 0.1) is 17.3 Å². The second kappa shape index (κ2) is 7.72. The van der Waals surface area contributed by atoms with Crippen molar-refractivity contribution in [1.29, 1.82) is 0 Å². The van der Waals surface area contributed by atoms with Crippen LogP contribution in [0.1, 0.15) is 64.5 Å². The van der Waals surface area contributed by atoms with Gasteiger partial charge in [-0.15, -0.1) is 0 Å². The zero-order valence-corrected chi connectivity index (χ0v) is 15.6. The number of halogens is 3. The average Bonchev–Trinajstić information content (AvgIpc) is 3.38. The van der Waals surface area contributed by atoms with Crippen LogP contribution in [-0.4, -0.2) is 18.8 Å². The van der Waals surface area contributed by atoms with Crippen LogP contribution >= 0.6 is 0 Å². The molecule has 1 nitrogen and oxygen atoms in total. The molecule has 1 aliphatic heterocycles. The third-order valence-corrected chi connectivity index (χ3v) is 4.89. The maximum atomic E-state index is 13.1. The van der Waals surface area contributed by atoms with Gasteiger partial charge in [0.2, 0.25) is 0 Å². The van der Waals surface area contributed by atoms with E-state index < -0.39 is 11.6 Å². The number of fused-ring (bicyclic) bond motifs is 1. The minimum absolute atomic E-state index is 0.136. The fourth-order valence-corrected chi connectivity index (χ4v) is 3.26. The predicted octanol–water partition coefficient (Wildman–Crippen LogP) is 5.96. The largest absolute Gasteiger partial charge is 0.405 e. The van der Waals surface area contributed by atoms with Crippen molar-refractivity contribution >= 4 is 5.69 Å². The van der Waals surface area contributed by atoms with Gasteiger partial charge in [0.15, 0.2) is 0 Å². The molecular weight excluding hydrogens is 323 g/mol. The van der Waals surface area contributed by atoms with Crippen LogP contribution in [-0.2, 0) is 6.42 Å². The molecule has 1 saturated carbocycles. The molecule has 0 amide bonds. The van der Waals surface area contributed by atoms with E-state index >= 15 is 0 Å². The van der Waals surface area contributed by atoms with Crippen LogP contribution in [0.2, 0.25) is 0 Å². The Bertz CT molecular complexity index is 645. The monoisotopic (exact) mass is 351 g/mol. The first-order valence-corrected chi connectivity index (χ1v) is 9.32. The molecule has 3 rings (SSSR count). The van der Waals surface area contributed by atoms with E-state index in [2.05, 4.69) is 36.7 Å². The Morgan fingerprint density at radius 3 is 2.36 bits per heavy atom. The van der Waals surface area contributed by atoms with Gasteiger partial charge in [-0.1, -0.05) is 31.8 Å². The molecule has 4 heteroatoms. The Balaban J connectivity index is 0.00000109. The summed E-state index contributed by atoms with van der Waals surface area (Å²) in [5, 5.41) is 0. The Morgan fingerprint density at radius 2 is 1.80 bits per heavy atom. The van der Waals surface area contributed by atoms with Crippen molar-refractivity contribution < 1.29 is 13.2 Å². The lowest BCUT2D eigenvalue weighted by Crippen LogP contribution is -2.31. The van der Waals surface area contributed by atoms with Crippen molar-refractivity contribution in [2.24, 2.45) is 5.41 Å². The van der Waals surface area contributed by atoms with Crippen molar-refractivity contribution in [3.63, 3.8) is 0 Å². The summed E-state index contributed by atoms with van der Waals surface area (Å²) in [5.74, 6) is 5.42. The van der Waals surface area contributed by atoms with E-state index in [0.717, 1.165) is 42.6 Å².